The van der Waals surface area contributed by atoms with Crippen molar-refractivity contribution >= 4 is 28.8 Å². The molecule has 0 saturated carbocycles. The molecule has 0 saturated heterocycles. The van der Waals surface area contributed by atoms with Crippen molar-refractivity contribution in [3.8, 4) is 23.0 Å². The maximum absolute atomic E-state index is 11.6. The largest absolute Gasteiger partial charge is 0.497 e. The average molecular weight is 337 g/mol. The van der Waals surface area contributed by atoms with Crippen molar-refractivity contribution in [2.45, 2.75) is 6.92 Å². The molecule has 1 aromatic carbocycles. The first kappa shape index (κ1) is 16.8. The van der Waals surface area contributed by atoms with Gasteiger partial charge in [-0.2, -0.15) is 0 Å². The van der Waals surface area contributed by atoms with Crippen LogP contribution in [0, 0.1) is 0 Å². The lowest BCUT2D eigenvalue weighted by Crippen LogP contribution is -2.15. The summed E-state index contributed by atoms with van der Waals surface area (Å²) in [5.74, 6) is 0.933. The summed E-state index contributed by atoms with van der Waals surface area (Å²) in [4.78, 5) is 22.4. The fourth-order valence-corrected chi connectivity index (χ4v) is 2.05. The van der Waals surface area contributed by atoms with E-state index in [1.807, 2.05) is 0 Å². The fraction of sp³-hybridized carbons (Fsp3) is 0.286. The van der Waals surface area contributed by atoms with Gasteiger partial charge >= 0.3 is 6.01 Å². The lowest BCUT2D eigenvalue weighted by Gasteiger charge is -2.05. The lowest BCUT2D eigenvalue weighted by molar-refractivity contribution is -0.114. The number of carbonyl (C=O) groups is 2. The van der Waals surface area contributed by atoms with Gasteiger partial charge in [0.25, 0.3) is 0 Å². The third kappa shape index (κ3) is 4.71. The Labute approximate surface area is 136 Å². The van der Waals surface area contributed by atoms with Crippen LogP contribution < -0.4 is 14.8 Å². The zero-order valence-electron chi connectivity index (χ0n) is 12.8. The smallest absolute Gasteiger partial charge is 0.322 e. The molecule has 23 heavy (non-hydrogen) atoms. The molecule has 2 rings (SSSR count). The number of rotatable bonds is 6. The van der Waals surface area contributed by atoms with Gasteiger partial charge in [-0.15, -0.1) is 5.10 Å². The number of benzene rings is 1. The van der Waals surface area contributed by atoms with Crippen LogP contribution in [-0.2, 0) is 9.59 Å². The molecule has 0 spiro atoms. The molecular weight excluding hydrogens is 322 g/mol. The number of ether oxygens (including phenoxy) is 2. The van der Waals surface area contributed by atoms with E-state index in [2.05, 4.69) is 15.5 Å². The Hall–Kier alpha value is -2.55. The highest BCUT2D eigenvalue weighted by Crippen LogP contribution is 2.29. The monoisotopic (exact) mass is 337 g/mol. The van der Waals surface area contributed by atoms with Gasteiger partial charge in [0.1, 0.15) is 11.5 Å². The number of nitrogens with zero attached hydrogens (tertiary/aromatic N) is 2. The molecule has 2 aromatic rings. The Kier molecular flexibility index (Phi) is 5.58. The molecule has 1 heterocycles. The third-order valence-electron chi connectivity index (χ3n) is 2.68. The molecule has 0 fully saturated rings. The number of carbonyl (C=O) groups excluding carboxylic acids is 2. The van der Waals surface area contributed by atoms with E-state index in [-0.39, 0.29) is 22.8 Å². The van der Waals surface area contributed by atoms with Crippen molar-refractivity contribution in [3.63, 3.8) is 0 Å². The fourth-order valence-electron chi connectivity index (χ4n) is 1.64. The average Bonchev–Trinajstić information content (AvgIpc) is 3.00. The minimum Gasteiger partial charge on any atom is -0.497 e. The summed E-state index contributed by atoms with van der Waals surface area (Å²) in [5, 5.41) is 9.90. The van der Waals surface area contributed by atoms with Gasteiger partial charge in [0.05, 0.1) is 20.0 Å². The summed E-state index contributed by atoms with van der Waals surface area (Å²) in [6.07, 6.45) is 0. The van der Waals surface area contributed by atoms with Crippen LogP contribution >= 0.6 is 11.8 Å². The summed E-state index contributed by atoms with van der Waals surface area (Å²) in [6.45, 7) is 1.39. The van der Waals surface area contributed by atoms with Crippen molar-refractivity contribution in [1.29, 1.82) is 0 Å². The first-order valence-corrected chi connectivity index (χ1v) is 7.50. The van der Waals surface area contributed by atoms with E-state index in [0.717, 1.165) is 11.8 Å². The summed E-state index contributed by atoms with van der Waals surface area (Å²) in [7, 11) is 3.06. The first-order chi connectivity index (χ1) is 11.0. The van der Waals surface area contributed by atoms with Gasteiger partial charge in [-0.25, -0.2) is 0 Å². The molecule has 1 amide bonds. The molecule has 8 nitrogen and oxygen atoms in total. The van der Waals surface area contributed by atoms with Gasteiger partial charge in [-0.05, 0) is 12.1 Å². The SMILES string of the molecule is COc1cc(OC)cc(-c2nnc(NC(=O)CSC(C)=O)o2)c1. The van der Waals surface area contributed by atoms with E-state index in [0.29, 0.717) is 17.1 Å². The minimum atomic E-state index is -0.399. The van der Waals surface area contributed by atoms with Gasteiger partial charge in [0.2, 0.25) is 11.8 Å². The second-order valence-corrected chi connectivity index (χ2v) is 5.49. The molecule has 0 atom stereocenters. The van der Waals surface area contributed by atoms with Crippen molar-refractivity contribution in [3.05, 3.63) is 18.2 Å². The van der Waals surface area contributed by atoms with E-state index >= 15 is 0 Å². The number of nitrogens with one attached hydrogen (secondary N) is 1. The Morgan fingerprint density at radius 1 is 1.17 bits per heavy atom. The maximum Gasteiger partial charge on any atom is 0.322 e. The number of hydrogen-bond donors (Lipinski definition) is 1. The number of thioether (sulfide) groups is 1. The van der Waals surface area contributed by atoms with Crippen LogP contribution in [0.3, 0.4) is 0 Å². The zero-order valence-corrected chi connectivity index (χ0v) is 13.6. The Balaban J connectivity index is 2.12. The third-order valence-corrected chi connectivity index (χ3v) is 3.49. The van der Waals surface area contributed by atoms with Crippen LogP contribution in [0.2, 0.25) is 0 Å². The van der Waals surface area contributed by atoms with Gasteiger partial charge in [-0.3, -0.25) is 14.9 Å². The van der Waals surface area contributed by atoms with Crippen molar-refractivity contribution in [2.24, 2.45) is 0 Å². The van der Waals surface area contributed by atoms with Crippen molar-refractivity contribution in [1.82, 2.24) is 10.2 Å². The van der Waals surface area contributed by atoms with E-state index < -0.39 is 5.91 Å². The predicted molar refractivity (Wildman–Crippen MR) is 84.6 cm³/mol. The van der Waals surface area contributed by atoms with Gasteiger partial charge in [0, 0.05) is 18.6 Å². The summed E-state index contributed by atoms with van der Waals surface area (Å²) >= 11 is 0.898. The van der Waals surface area contributed by atoms with Crippen LogP contribution in [0.1, 0.15) is 6.92 Å². The van der Waals surface area contributed by atoms with Crippen molar-refractivity contribution in [2.75, 3.05) is 25.3 Å². The first-order valence-electron chi connectivity index (χ1n) is 6.52. The highest BCUT2D eigenvalue weighted by Gasteiger charge is 2.14. The highest BCUT2D eigenvalue weighted by molar-refractivity contribution is 8.14. The quantitative estimate of drug-likeness (QED) is 0.853. The van der Waals surface area contributed by atoms with E-state index in [4.69, 9.17) is 13.9 Å². The molecule has 9 heteroatoms. The van der Waals surface area contributed by atoms with Crippen LogP contribution in [0.4, 0.5) is 6.01 Å². The second kappa shape index (κ2) is 7.63. The zero-order chi connectivity index (χ0) is 16.8. The topological polar surface area (TPSA) is 104 Å². The molecule has 0 aliphatic carbocycles. The second-order valence-electron chi connectivity index (χ2n) is 4.34. The maximum atomic E-state index is 11.6. The van der Waals surface area contributed by atoms with Gasteiger partial charge in [-0.1, -0.05) is 16.9 Å². The van der Waals surface area contributed by atoms with Gasteiger partial charge in [0.15, 0.2) is 5.12 Å². The lowest BCUT2D eigenvalue weighted by atomic mass is 10.2. The molecule has 1 aromatic heterocycles. The molecule has 122 valence electrons. The van der Waals surface area contributed by atoms with E-state index in [1.54, 1.807) is 18.2 Å². The van der Waals surface area contributed by atoms with Crippen LogP contribution in [0.25, 0.3) is 11.5 Å². The number of aromatic nitrogens is 2. The Bertz CT molecular complexity index is 694. The van der Waals surface area contributed by atoms with E-state index in [9.17, 15) is 9.59 Å². The Morgan fingerprint density at radius 2 is 1.83 bits per heavy atom. The molecule has 0 bridgehead atoms. The molecule has 0 unspecified atom stereocenters. The molecule has 1 N–H and O–H groups in total. The number of hydrogen-bond acceptors (Lipinski definition) is 8. The number of anilines is 1. The Morgan fingerprint density at radius 3 is 2.39 bits per heavy atom. The molecule has 0 aliphatic rings. The summed E-state index contributed by atoms with van der Waals surface area (Å²) < 4.78 is 15.7. The molecule has 0 aliphatic heterocycles. The van der Waals surface area contributed by atoms with E-state index in [1.165, 1.54) is 21.1 Å². The molecule has 0 radical (unpaired) electrons. The standard InChI is InChI=1S/C14H15N3O5S/c1-8(18)23-7-12(19)15-14-17-16-13(22-14)9-4-10(20-2)6-11(5-9)21-3/h4-6H,7H2,1-3H3,(H,15,17,19). The summed E-state index contributed by atoms with van der Waals surface area (Å²) in [6, 6.07) is 5.07. The number of amides is 1. The molecular formula is C14H15N3O5S. The van der Waals surface area contributed by atoms with Crippen LogP contribution in [0.15, 0.2) is 22.6 Å². The van der Waals surface area contributed by atoms with Crippen LogP contribution in [0.5, 0.6) is 11.5 Å². The van der Waals surface area contributed by atoms with Crippen LogP contribution in [-0.4, -0.2) is 41.2 Å². The number of methoxy groups -OCH3 is 2. The van der Waals surface area contributed by atoms with Gasteiger partial charge < -0.3 is 13.9 Å². The highest BCUT2D eigenvalue weighted by atomic mass is 32.2. The van der Waals surface area contributed by atoms with Crippen molar-refractivity contribution < 1.29 is 23.5 Å². The summed E-state index contributed by atoms with van der Waals surface area (Å²) in [5.41, 5.74) is 0.590. The minimum absolute atomic E-state index is 0.0139. The predicted octanol–water partition coefficient (Wildman–Crippen LogP) is 1.97. The normalized spacial score (nSPS) is 10.2.